The van der Waals surface area contributed by atoms with Crippen molar-refractivity contribution >= 4 is 35.1 Å². The van der Waals surface area contributed by atoms with Crippen LogP contribution >= 0.6 is 11.3 Å². The Balaban J connectivity index is 1.26. The summed E-state index contributed by atoms with van der Waals surface area (Å²) in [7, 11) is 0. The molecule has 0 aliphatic carbocycles. The molecular formula is C30H38N6O6S. The van der Waals surface area contributed by atoms with E-state index >= 15 is 0 Å². The SMILES string of the molecule is Cc1ncsc1-c1ccc([C@H](C)NC(=O)[C@@H]2C[C@@H](O)CN2C(=O)[C@@H](c2cc(N3CCN(C(=O)O)CC3)no2)C(C)C)cc1. The smallest absolute Gasteiger partial charge is 0.407 e. The average molecular weight is 611 g/mol. The number of nitrogens with one attached hydrogen (secondary N) is 1. The van der Waals surface area contributed by atoms with E-state index in [1.165, 1.54) is 9.80 Å². The standard InChI is InChI=1S/C30H38N6O6S/c1-17(2)26(24-14-25(33-42-24)34-9-11-35(12-10-34)30(40)41)29(39)36-15-22(37)13-23(36)28(38)32-18(3)20-5-7-21(8-6-20)27-19(4)31-16-43-27/h5-8,14,16-18,22-23,26,37H,9-13,15H2,1-4H3,(H,32,38)(H,40,41)/t18-,22+,23-,26+/m0/s1. The molecule has 0 radical (unpaired) electrons. The summed E-state index contributed by atoms with van der Waals surface area (Å²) in [6.45, 7) is 9.34. The maximum absolute atomic E-state index is 13.9. The van der Waals surface area contributed by atoms with Crippen LogP contribution in [0.1, 0.15) is 56.2 Å². The molecule has 0 spiro atoms. The van der Waals surface area contributed by atoms with Crippen molar-refractivity contribution in [3.05, 3.63) is 52.9 Å². The van der Waals surface area contributed by atoms with Crippen LogP contribution in [0.2, 0.25) is 0 Å². The van der Waals surface area contributed by atoms with Crippen LogP contribution in [0.4, 0.5) is 10.6 Å². The maximum Gasteiger partial charge on any atom is 0.407 e. The van der Waals surface area contributed by atoms with E-state index in [1.54, 1.807) is 17.4 Å². The number of aliphatic hydroxyl groups is 1. The molecule has 2 fully saturated rings. The third-order valence-electron chi connectivity index (χ3n) is 8.27. The quantitative estimate of drug-likeness (QED) is 0.348. The van der Waals surface area contributed by atoms with Crippen LogP contribution in [0.5, 0.6) is 0 Å². The fourth-order valence-corrected chi connectivity index (χ4v) is 6.63. The fraction of sp³-hybridized carbons (Fsp3) is 0.500. The first kappa shape index (κ1) is 30.5. The van der Waals surface area contributed by atoms with Crippen LogP contribution < -0.4 is 10.2 Å². The number of β-amino-alcohol motifs (C(OH)–C–C–N with tert-alkyl or cyclic N) is 1. The van der Waals surface area contributed by atoms with E-state index in [4.69, 9.17) is 4.52 Å². The minimum atomic E-state index is -0.952. The zero-order valence-electron chi connectivity index (χ0n) is 24.8. The minimum absolute atomic E-state index is 0.0512. The summed E-state index contributed by atoms with van der Waals surface area (Å²) in [6.07, 6.45) is -1.62. The first-order valence-electron chi connectivity index (χ1n) is 14.5. The third kappa shape index (κ3) is 6.52. The molecule has 43 heavy (non-hydrogen) atoms. The lowest BCUT2D eigenvalue weighted by Gasteiger charge is -2.32. The number of hydrogen-bond donors (Lipinski definition) is 3. The predicted molar refractivity (Wildman–Crippen MR) is 161 cm³/mol. The summed E-state index contributed by atoms with van der Waals surface area (Å²) in [4.78, 5) is 48.8. The summed E-state index contributed by atoms with van der Waals surface area (Å²) in [5.41, 5.74) is 4.79. The van der Waals surface area contributed by atoms with Crippen molar-refractivity contribution in [2.45, 2.75) is 58.2 Å². The van der Waals surface area contributed by atoms with Crippen LogP contribution in [-0.4, -0.2) is 92.9 Å². The van der Waals surface area contributed by atoms with Crippen molar-refractivity contribution in [3.8, 4) is 10.4 Å². The monoisotopic (exact) mass is 610 g/mol. The number of carboxylic acid groups (broad SMARTS) is 1. The zero-order valence-corrected chi connectivity index (χ0v) is 25.6. The van der Waals surface area contributed by atoms with Crippen molar-refractivity contribution in [2.75, 3.05) is 37.6 Å². The Morgan fingerprint density at radius 1 is 1.09 bits per heavy atom. The van der Waals surface area contributed by atoms with E-state index in [1.807, 2.05) is 62.4 Å². The van der Waals surface area contributed by atoms with Gasteiger partial charge in [-0.2, -0.15) is 0 Å². The Morgan fingerprint density at radius 2 is 1.79 bits per heavy atom. The highest BCUT2D eigenvalue weighted by atomic mass is 32.1. The predicted octanol–water partition coefficient (Wildman–Crippen LogP) is 3.49. The number of amides is 3. The van der Waals surface area contributed by atoms with Gasteiger partial charge in [0.25, 0.3) is 0 Å². The molecule has 2 aliphatic rings. The highest BCUT2D eigenvalue weighted by Gasteiger charge is 2.43. The largest absolute Gasteiger partial charge is 0.465 e. The first-order valence-corrected chi connectivity index (χ1v) is 15.4. The van der Waals surface area contributed by atoms with E-state index in [9.17, 15) is 24.6 Å². The maximum atomic E-state index is 13.9. The molecule has 13 heteroatoms. The first-order chi connectivity index (χ1) is 20.5. The summed E-state index contributed by atoms with van der Waals surface area (Å²) < 4.78 is 5.65. The number of carbonyl (C=O) groups is 3. The minimum Gasteiger partial charge on any atom is -0.465 e. The molecule has 0 unspecified atom stereocenters. The second-order valence-corrected chi connectivity index (χ2v) is 12.4. The Kier molecular flexibility index (Phi) is 9.02. The number of likely N-dealkylation sites (tertiary alicyclic amines) is 1. The highest BCUT2D eigenvalue weighted by molar-refractivity contribution is 7.13. The molecular weight excluding hydrogens is 572 g/mol. The Morgan fingerprint density at radius 3 is 2.40 bits per heavy atom. The molecule has 3 N–H and O–H groups in total. The highest BCUT2D eigenvalue weighted by Crippen LogP contribution is 2.33. The van der Waals surface area contributed by atoms with Crippen LogP contribution in [0.15, 0.2) is 40.4 Å². The number of thiazole rings is 1. The molecule has 2 aliphatic heterocycles. The van der Waals surface area contributed by atoms with Gasteiger partial charge in [0.2, 0.25) is 11.8 Å². The molecule has 2 saturated heterocycles. The fourth-order valence-electron chi connectivity index (χ4n) is 5.82. The molecule has 3 amide bonds. The number of rotatable bonds is 8. The molecule has 4 atom stereocenters. The van der Waals surface area contributed by atoms with Crippen LogP contribution in [0.25, 0.3) is 10.4 Å². The van der Waals surface area contributed by atoms with Gasteiger partial charge in [0, 0.05) is 45.2 Å². The van der Waals surface area contributed by atoms with Crippen molar-refractivity contribution in [1.29, 1.82) is 0 Å². The van der Waals surface area contributed by atoms with E-state index in [-0.39, 0.29) is 36.7 Å². The van der Waals surface area contributed by atoms with E-state index in [0.29, 0.717) is 37.8 Å². The van der Waals surface area contributed by atoms with Gasteiger partial charge in [-0.25, -0.2) is 9.78 Å². The van der Waals surface area contributed by atoms with Gasteiger partial charge in [-0.05, 0) is 30.9 Å². The van der Waals surface area contributed by atoms with E-state index < -0.39 is 24.2 Å². The lowest BCUT2D eigenvalue weighted by atomic mass is 9.91. The summed E-state index contributed by atoms with van der Waals surface area (Å²) >= 11 is 1.58. The number of aliphatic hydroxyl groups excluding tert-OH is 1. The lowest BCUT2D eigenvalue weighted by molar-refractivity contribution is -0.141. The van der Waals surface area contributed by atoms with Crippen LogP contribution in [0, 0.1) is 12.8 Å². The molecule has 0 saturated carbocycles. The van der Waals surface area contributed by atoms with Gasteiger partial charge in [0.05, 0.1) is 28.2 Å². The molecule has 0 bridgehead atoms. The van der Waals surface area contributed by atoms with Gasteiger partial charge in [-0.15, -0.1) is 11.3 Å². The number of carbonyl (C=O) groups excluding carboxylic acids is 2. The van der Waals surface area contributed by atoms with Gasteiger partial charge in [0.1, 0.15) is 12.0 Å². The van der Waals surface area contributed by atoms with Crippen LogP contribution in [-0.2, 0) is 9.59 Å². The number of benzene rings is 1. The molecule has 1 aromatic carbocycles. The number of aromatic nitrogens is 2. The van der Waals surface area contributed by atoms with Crippen molar-refractivity contribution in [3.63, 3.8) is 0 Å². The molecule has 4 heterocycles. The lowest BCUT2D eigenvalue weighted by Crippen LogP contribution is -2.48. The molecule has 2 aromatic heterocycles. The van der Waals surface area contributed by atoms with Gasteiger partial charge in [-0.3, -0.25) is 9.59 Å². The number of nitrogens with zero attached hydrogens (tertiary/aromatic N) is 5. The van der Waals surface area contributed by atoms with Gasteiger partial charge in [-0.1, -0.05) is 43.3 Å². The van der Waals surface area contributed by atoms with E-state index in [2.05, 4.69) is 15.5 Å². The Bertz CT molecular complexity index is 1450. The van der Waals surface area contributed by atoms with Crippen LogP contribution in [0.3, 0.4) is 0 Å². The molecule has 12 nitrogen and oxygen atoms in total. The van der Waals surface area contributed by atoms with E-state index in [0.717, 1.165) is 21.7 Å². The Labute approximate surface area is 254 Å². The second-order valence-electron chi connectivity index (χ2n) is 11.6. The van der Waals surface area contributed by atoms with Gasteiger partial charge >= 0.3 is 6.09 Å². The molecule has 3 aromatic rings. The number of piperazine rings is 1. The summed E-state index contributed by atoms with van der Waals surface area (Å²) in [6, 6.07) is 8.57. The third-order valence-corrected chi connectivity index (χ3v) is 9.25. The average Bonchev–Trinajstić information content (AvgIpc) is 3.73. The van der Waals surface area contributed by atoms with Crippen molar-refractivity contribution < 1.29 is 29.1 Å². The molecule has 5 rings (SSSR count). The topological polar surface area (TPSA) is 152 Å². The molecule has 230 valence electrons. The van der Waals surface area contributed by atoms with Crippen molar-refractivity contribution in [2.24, 2.45) is 5.92 Å². The van der Waals surface area contributed by atoms with Gasteiger partial charge < -0.3 is 34.8 Å². The second kappa shape index (κ2) is 12.7. The number of anilines is 1. The Hall–Kier alpha value is -3.97. The number of hydrogen-bond acceptors (Lipinski definition) is 9. The summed E-state index contributed by atoms with van der Waals surface area (Å²) in [5.74, 6) is -0.583. The zero-order chi connectivity index (χ0) is 30.8. The summed E-state index contributed by atoms with van der Waals surface area (Å²) in [5, 5.41) is 26.9. The van der Waals surface area contributed by atoms with Crippen molar-refractivity contribution in [1.82, 2.24) is 25.3 Å². The van der Waals surface area contributed by atoms with Gasteiger partial charge in [0.15, 0.2) is 11.6 Å². The number of aryl methyl sites for hydroxylation is 1. The normalized spacial score (nSPS) is 20.4.